The first kappa shape index (κ1) is 14.8. The van der Waals surface area contributed by atoms with Gasteiger partial charge in [-0.25, -0.2) is 0 Å². The van der Waals surface area contributed by atoms with Crippen LogP contribution < -0.4 is 10.6 Å². The largest absolute Gasteiger partial charge is 0.372 e. The number of carbonyl (C=O) groups is 1. The van der Waals surface area contributed by atoms with Gasteiger partial charge >= 0.3 is 0 Å². The molecule has 0 bridgehead atoms. The van der Waals surface area contributed by atoms with Gasteiger partial charge in [0.05, 0.1) is 0 Å². The lowest BCUT2D eigenvalue weighted by Gasteiger charge is -2.24. The van der Waals surface area contributed by atoms with Gasteiger partial charge < -0.3 is 15.4 Å². The van der Waals surface area contributed by atoms with Crippen LogP contribution in [0.3, 0.4) is 0 Å². The van der Waals surface area contributed by atoms with Crippen LogP contribution in [0.2, 0.25) is 0 Å². The molecule has 1 heterocycles. The van der Waals surface area contributed by atoms with E-state index in [0.29, 0.717) is 18.7 Å². The number of piperidine rings is 1. The molecule has 4 heteroatoms. The van der Waals surface area contributed by atoms with E-state index < -0.39 is 0 Å². The molecule has 1 aliphatic heterocycles. The minimum atomic E-state index is 0.0588. The molecule has 2 N–H and O–H groups in total. The molecule has 1 saturated heterocycles. The van der Waals surface area contributed by atoms with Crippen molar-refractivity contribution < 1.29 is 9.53 Å². The molecule has 1 saturated carbocycles. The lowest BCUT2D eigenvalue weighted by molar-refractivity contribution is -0.126. The van der Waals surface area contributed by atoms with Crippen molar-refractivity contribution in [2.24, 2.45) is 0 Å². The molecule has 1 aliphatic carbocycles. The van der Waals surface area contributed by atoms with Crippen LogP contribution in [0.4, 0.5) is 0 Å². The van der Waals surface area contributed by atoms with Gasteiger partial charge in [-0.15, -0.1) is 0 Å². The van der Waals surface area contributed by atoms with Crippen molar-refractivity contribution >= 4 is 5.91 Å². The highest BCUT2D eigenvalue weighted by atomic mass is 16.5. The minimum Gasteiger partial charge on any atom is -0.372 e. The fraction of sp³-hybridized carbons (Fsp3) is 0.933. The van der Waals surface area contributed by atoms with E-state index in [0.717, 1.165) is 25.8 Å². The molecule has 0 aromatic carbocycles. The summed E-state index contributed by atoms with van der Waals surface area (Å²) in [6, 6.07) is 0.986. The third-order valence-electron chi connectivity index (χ3n) is 4.23. The molecule has 4 nitrogen and oxygen atoms in total. The second-order valence-electron chi connectivity index (χ2n) is 5.89. The molecule has 0 aromatic rings. The first-order chi connectivity index (χ1) is 9.34. The fourth-order valence-electron chi connectivity index (χ4n) is 3.08. The van der Waals surface area contributed by atoms with Crippen LogP contribution >= 0.6 is 0 Å². The van der Waals surface area contributed by atoms with E-state index in [-0.39, 0.29) is 12.5 Å². The van der Waals surface area contributed by atoms with Crippen LogP contribution in [0, 0.1) is 0 Å². The van der Waals surface area contributed by atoms with Crippen molar-refractivity contribution in [1.29, 1.82) is 0 Å². The van der Waals surface area contributed by atoms with E-state index in [2.05, 4.69) is 10.6 Å². The Labute approximate surface area is 116 Å². The highest BCUT2D eigenvalue weighted by molar-refractivity contribution is 5.77. The molecule has 2 aliphatic rings. The van der Waals surface area contributed by atoms with Crippen LogP contribution in [0.15, 0.2) is 0 Å². The molecule has 1 unspecified atom stereocenters. The third kappa shape index (κ3) is 5.91. The molecule has 1 atom stereocenters. The predicted molar refractivity (Wildman–Crippen MR) is 76.1 cm³/mol. The van der Waals surface area contributed by atoms with E-state index in [9.17, 15) is 4.79 Å². The van der Waals surface area contributed by atoms with E-state index in [4.69, 9.17) is 4.74 Å². The Morgan fingerprint density at radius 2 is 1.89 bits per heavy atom. The van der Waals surface area contributed by atoms with E-state index in [1.54, 1.807) is 0 Å². The van der Waals surface area contributed by atoms with Gasteiger partial charge in [-0.2, -0.15) is 0 Å². The van der Waals surface area contributed by atoms with Gasteiger partial charge in [0.25, 0.3) is 0 Å². The summed E-state index contributed by atoms with van der Waals surface area (Å²) in [5, 5.41) is 6.57. The minimum absolute atomic E-state index is 0.0588. The summed E-state index contributed by atoms with van der Waals surface area (Å²) < 4.78 is 5.49. The van der Waals surface area contributed by atoms with E-state index in [1.807, 2.05) is 0 Å². The molecule has 0 aromatic heterocycles. The summed E-state index contributed by atoms with van der Waals surface area (Å²) in [5.41, 5.74) is 0. The maximum Gasteiger partial charge on any atom is 0.246 e. The maximum absolute atomic E-state index is 11.7. The second kappa shape index (κ2) is 8.54. The van der Waals surface area contributed by atoms with Gasteiger partial charge in [-0.05, 0) is 38.6 Å². The highest BCUT2D eigenvalue weighted by Gasteiger charge is 2.16. The Balaban J connectivity index is 1.48. The highest BCUT2D eigenvalue weighted by Crippen LogP contribution is 2.17. The number of ether oxygens (including phenoxy) is 1. The van der Waals surface area contributed by atoms with Gasteiger partial charge in [0.1, 0.15) is 6.61 Å². The quantitative estimate of drug-likeness (QED) is 0.724. The van der Waals surface area contributed by atoms with Crippen LogP contribution in [-0.2, 0) is 9.53 Å². The number of rotatable bonds is 6. The Bertz CT molecular complexity index is 259. The van der Waals surface area contributed by atoms with Gasteiger partial charge in [0, 0.05) is 18.7 Å². The SMILES string of the molecule is O=C(COCCC1CCCCN1)NC1CCCCC1. The second-order valence-corrected chi connectivity index (χ2v) is 5.89. The monoisotopic (exact) mass is 268 g/mol. The Hall–Kier alpha value is -0.610. The zero-order valence-electron chi connectivity index (χ0n) is 12.0. The number of carbonyl (C=O) groups excluding carboxylic acids is 1. The smallest absolute Gasteiger partial charge is 0.246 e. The lowest BCUT2D eigenvalue weighted by Crippen LogP contribution is -2.39. The van der Waals surface area contributed by atoms with Crippen molar-refractivity contribution in [2.75, 3.05) is 19.8 Å². The van der Waals surface area contributed by atoms with Gasteiger partial charge in [0.15, 0.2) is 0 Å². The van der Waals surface area contributed by atoms with Crippen LogP contribution in [0.25, 0.3) is 0 Å². The molecule has 0 spiro atoms. The summed E-state index contributed by atoms with van der Waals surface area (Å²) in [6.45, 7) is 2.05. The third-order valence-corrected chi connectivity index (χ3v) is 4.23. The van der Waals surface area contributed by atoms with Crippen molar-refractivity contribution in [3.63, 3.8) is 0 Å². The number of hydrogen-bond donors (Lipinski definition) is 2. The molecule has 110 valence electrons. The first-order valence-corrected chi connectivity index (χ1v) is 7.95. The van der Waals surface area contributed by atoms with Crippen molar-refractivity contribution in [3.8, 4) is 0 Å². The van der Waals surface area contributed by atoms with Gasteiger partial charge in [-0.3, -0.25) is 4.79 Å². The number of nitrogens with one attached hydrogen (secondary N) is 2. The molecule has 2 rings (SSSR count). The van der Waals surface area contributed by atoms with E-state index in [1.165, 1.54) is 38.5 Å². The molecule has 1 amide bonds. The van der Waals surface area contributed by atoms with Crippen LogP contribution in [0.1, 0.15) is 57.8 Å². The summed E-state index contributed by atoms with van der Waals surface area (Å²) in [6.07, 6.45) is 11.0. The molecule has 19 heavy (non-hydrogen) atoms. The lowest BCUT2D eigenvalue weighted by atomic mass is 9.95. The van der Waals surface area contributed by atoms with Gasteiger partial charge in [-0.1, -0.05) is 25.7 Å². The number of hydrogen-bond acceptors (Lipinski definition) is 3. The van der Waals surface area contributed by atoms with Crippen LogP contribution in [-0.4, -0.2) is 37.7 Å². The summed E-state index contributed by atoms with van der Waals surface area (Å²) in [4.78, 5) is 11.7. The number of amides is 1. The average Bonchev–Trinajstić information content (AvgIpc) is 2.46. The Kier molecular flexibility index (Phi) is 6.65. The first-order valence-electron chi connectivity index (χ1n) is 7.95. The van der Waals surface area contributed by atoms with Crippen molar-refractivity contribution in [1.82, 2.24) is 10.6 Å². The predicted octanol–water partition coefficient (Wildman–Crippen LogP) is 1.98. The average molecular weight is 268 g/mol. The summed E-state index contributed by atoms with van der Waals surface area (Å²) in [5.74, 6) is 0.0588. The standard InChI is InChI=1S/C15H28N2O2/c18-15(17-14-7-2-1-3-8-14)12-19-11-9-13-6-4-5-10-16-13/h13-14,16H,1-12H2,(H,17,18). The molecular formula is C15H28N2O2. The Morgan fingerprint density at radius 3 is 2.63 bits per heavy atom. The van der Waals surface area contributed by atoms with E-state index >= 15 is 0 Å². The van der Waals surface area contributed by atoms with Crippen LogP contribution in [0.5, 0.6) is 0 Å². The topological polar surface area (TPSA) is 50.4 Å². The molecule has 2 fully saturated rings. The molecule has 0 radical (unpaired) electrons. The Morgan fingerprint density at radius 1 is 1.11 bits per heavy atom. The zero-order valence-corrected chi connectivity index (χ0v) is 12.0. The fourth-order valence-corrected chi connectivity index (χ4v) is 3.08. The normalized spacial score (nSPS) is 25.2. The maximum atomic E-state index is 11.7. The summed E-state index contributed by atoms with van der Waals surface area (Å²) >= 11 is 0. The van der Waals surface area contributed by atoms with Gasteiger partial charge in [0.2, 0.25) is 5.91 Å². The zero-order chi connectivity index (χ0) is 13.3. The summed E-state index contributed by atoms with van der Waals surface area (Å²) in [7, 11) is 0. The van der Waals surface area contributed by atoms with Crippen molar-refractivity contribution in [3.05, 3.63) is 0 Å². The molecular weight excluding hydrogens is 240 g/mol. The van der Waals surface area contributed by atoms with Crippen molar-refractivity contribution in [2.45, 2.75) is 69.9 Å².